The topological polar surface area (TPSA) is 26.0 Å². The first-order valence-corrected chi connectivity index (χ1v) is 8.23. The summed E-state index contributed by atoms with van der Waals surface area (Å²) in [6, 6.07) is 8.65. The molecule has 19 heavy (non-hydrogen) atoms. The smallest absolute Gasteiger partial charge is 0.0228 e. The summed E-state index contributed by atoms with van der Waals surface area (Å²) in [6.45, 7) is 6.99. The van der Waals surface area contributed by atoms with Crippen LogP contribution in [0.2, 0.25) is 0 Å². The molecule has 0 bridgehead atoms. The lowest BCUT2D eigenvalue weighted by molar-refractivity contribution is 0.109. The molecule has 2 heteroatoms. The minimum Gasteiger partial charge on any atom is -0.325 e. The highest BCUT2D eigenvalue weighted by molar-refractivity contribution is 9.10. The van der Waals surface area contributed by atoms with Crippen molar-refractivity contribution < 1.29 is 0 Å². The van der Waals surface area contributed by atoms with E-state index in [1.807, 2.05) is 0 Å². The Morgan fingerprint density at radius 3 is 2.47 bits per heavy atom. The van der Waals surface area contributed by atoms with Crippen LogP contribution in [0.4, 0.5) is 0 Å². The van der Waals surface area contributed by atoms with Crippen LogP contribution in [0.1, 0.15) is 45.6 Å². The Balaban J connectivity index is 2.19. The molecule has 1 aromatic carbocycles. The monoisotopic (exact) mass is 323 g/mol. The number of halogens is 1. The molecule has 106 valence electrons. The lowest BCUT2D eigenvalue weighted by Crippen LogP contribution is -2.54. The molecule has 1 aliphatic rings. The predicted octanol–water partition coefficient (Wildman–Crippen LogP) is 4.78. The van der Waals surface area contributed by atoms with E-state index in [1.54, 1.807) is 0 Å². The Bertz CT molecular complexity index is 412. The highest BCUT2D eigenvalue weighted by Gasteiger charge is 2.40. The van der Waals surface area contributed by atoms with Crippen LogP contribution < -0.4 is 5.73 Å². The first kappa shape index (κ1) is 15.1. The van der Waals surface area contributed by atoms with Gasteiger partial charge in [-0.1, -0.05) is 55.3 Å². The maximum Gasteiger partial charge on any atom is 0.0228 e. The molecule has 0 aliphatic heterocycles. The second-order valence-corrected chi connectivity index (χ2v) is 7.69. The maximum absolute atomic E-state index is 6.85. The van der Waals surface area contributed by atoms with Gasteiger partial charge in [0, 0.05) is 10.0 Å². The van der Waals surface area contributed by atoms with Crippen LogP contribution in [-0.4, -0.2) is 5.54 Å². The zero-order valence-electron chi connectivity index (χ0n) is 12.3. The van der Waals surface area contributed by atoms with Crippen LogP contribution in [0.15, 0.2) is 28.7 Å². The normalized spacial score (nSPS) is 31.7. The summed E-state index contributed by atoms with van der Waals surface area (Å²) in [6.07, 6.45) is 4.79. The van der Waals surface area contributed by atoms with Gasteiger partial charge in [0.15, 0.2) is 0 Å². The minimum absolute atomic E-state index is 0.0281. The molecule has 2 rings (SSSR count). The number of hydrogen-bond donors (Lipinski definition) is 1. The van der Waals surface area contributed by atoms with E-state index in [9.17, 15) is 0 Å². The third-order valence-corrected chi connectivity index (χ3v) is 5.22. The van der Waals surface area contributed by atoms with E-state index >= 15 is 0 Å². The minimum atomic E-state index is -0.0281. The summed E-state index contributed by atoms with van der Waals surface area (Å²) in [4.78, 5) is 0. The van der Waals surface area contributed by atoms with Crippen molar-refractivity contribution >= 4 is 15.9 Å². The van der Waals surface area contributed by atoms with Gasteiger partial charge in [-0.2, -0.15) is 0 Å². The van der Waals surface area contributed by atoms with Crippen LogP contribution in [0, 0.1) is 17.8 Å². The molecule has 2 N–H and O–H groups in total. The molecule has 0 radical (unpaired) electrons. The molecule has 1 nitrogen and oxygen atoms in total. The molecule has 1 fully saturated rings. The van der Waals surface area contributed by atoms with Crippen LogP contribution in [-0.2, 0) is 6.42 Å². The Hall–Kier alpha value is -0.340. The van der Waals surface area contributed by atoms with Crippen LogP contribution >= 0.6 is 15.9 Å². The largest absolute Gasteiger partial charge is 0.325 e. The van der Waals surface area contributed by atoms with E-state index in [0.717, 1.165) is 23.2 Å². The van der Waals surface area contributed by atoms with Gasteiger partial charge >= 0.3 is 0 Å². The van der Waals surface area contributed by atoms with Crippen molar-refractivity contribution in [3.8, 4) is 0 Å². The first-order valence-electron chi connectivity index (χ1n) is 7.44. The molecule has 0 spiro atoms. The van der Waals surface area contributed by atoms with Gasteiger partial charge in [0.1, 0.15) is 0 Å². The summed E-state index contributed by atoms with van der Waals surface area (Å²) in [5.41, 5.74) is 8.19. The van der Waals surface area contributed by atoms with Crippen molar-refractivity contribution in [3.63, 3.8) is 0 Å². The van der Waals surface area contributed by atoms with Gasteiger partial charge in [-0.15, -0.1) is 0 Å². The molecular weight excluding hydrogens is 298 g/mol. The Labute approximate surface area is 126 Å². The third-order valence-electron chi connectivity index (χ3n) is 4.69. The van der Waals surface area contributed by atoms with E-state index in [1.165, 1.54) is 18.4 Å². The second-order valence-electron chi connectivity index (χ2n) is 6.77. The van der Waals surface area contributed by atoms with E-state index in [4.69, 9.17) is 5.73 Å². The van der Waals surface area contributed by atoms with E-state index < -0.39 is 0 Å². The summed E-state index contributed by atoms with van der Waals surface area (Å²) in [5.74, 6) is 2.08. The van der Waals surface area contributed by atoms with Crippen LogP contribution in [0.3, 0.4) is 0 Å². The number of rotatable bonds is 3. The van der Waals surface area contributed by atoms with Gasteiger partial charge in [0.2, 0.25) is 0 Å². The molecule has 3 unspecified atom stereocenters. The molecular formula is C17H26BrN. The zero-order chi connectivity index (χ0) is 14.0. The maximum atomic E-state index is 6.85. The fourth-order valence-electron chi connectivity index (χ4n) is 3.84. The molecule has 3 atom stereocenters. The summed E-state index contributed by atoms with van der Waals surface area (Å²) in [7, 11) is 0. The van der Waals surface area contributed by atoms with E-state index in [-0.39, 0.29) is 5.54 Å². The third kappa shape index (κ3) is 3.61. The first-order chi connectivity index (χ1) is 8.90. The Morgan fingerprint density at radius 2 is 1.89 bits per heavy atom. The molecule has 0 amide bonds. The highest BCUT2D eigenvalue weighted by Crippen LogP contribution is 2.41. The average Bonchev–Trinajstić information content (AvgIpc) is 2.31. The molecule has 1 aromatic rings. The molecule has 0 aromatic heterocycles. The average molecular weight is 324 g/mol. The van der Waals surface area contributed by atoms with Crippen molar-refractivity contribution in [3.05, 3.63) is 34.3 Å². The van der Waals surface area contributed by atoms with Crippen LogP contribution in [0.25, 0.3) is 0 Å². The standard InChI is InChI=1S/C17H26BrN/c1-12(2)16-9-4-13(3)10-17(16,19)11-14-5-7-15(18)8-6-14/h5-8,12-13,16H,4,9-11,19H2,1-3H3. The number of hydrogen-bond acceptors (Lipinski definition) is 1. The van der Waals surface area contributed by atoms with Crippen LogP contribution in [0.5, 0.6) is 0 Å². The Morgan fingerprint density at radius 1 is 1.26 bits per heavy atom. The molecule has 1 aliphatic carbocycles. The summed E-state index contributed by atoms with van der Waals surface area (Å²) < 4.78 is 1.14. The van der Waals surface area contributed by atoms with Crippen molar-refractivity contribution in [2.24, 2.45) is 23.5 Å². The SMILES string of the molecule is CC1CCC(C(C)C)C(N)(Cc2ccc(Br)cc2)C1. The predicted molar refractivity (Wildman–Crippen MR) is 86.1 cm³/mol. The van der Waals surface area contributed by atoms with Gasteiger partial charge in [-0.05, 0) is 54.7 Å². The highest BCUT2D eigenvalue weighted by atomic mass is 79.9. The van der Waals surface area contributed by atoms with Crippen molar-refractivity contribution in [2.75, 3.05) is 0 Å². The quantitative estimate of drug-likeness (QED) is 0.850. The van der Waals surface area contributed by atoms with E-state index in [2.05, 4.69) is 61.0 Å². The molecule has 1 saturated carbocycles. The number of nitrogens with two attached hydrogens (primary N) is 1. The summed E-state index contributed by atoms with van der Waals surface area (Å²) >= 11 is 3.50. The van der Waals surface area contributed by atoms with Gasteiger partial charge in [-0.3, -0.25) is 0 Å². The fourth-order valence-corrected chi connectivity index (χ4v) is 4.10. The van der Waals surface area contributed by atoms with Crippen molar-refractivity contribution in [1.82, 2.24) is 0 Å². The lowest BCUT2D eigenvalue weighted by Gasteiger charge is -2.46. The Kier molecular flexibility index (Phi) is 4.73. The molecule has 0 saturated heterocycles. The fraction of sp³-hybridized carbons (Fsp3) is 0.647. The number of benzene rings is 1. The van der Waals surface area contributed by atoms with Gasteiger partial charge in [0.05, 0.1) is 0 Å². The van der Waals surface area contributed by atoms with Gasteiger partial charge in [-0.25, -0.2) is 0 Å². The van der Waals surface area contributed by atoms with Gasteiger partial charge < -0.3 is 5.73 Å². The van der Waals surface area contributed by atoms with Crippen molar-refractivity contribution in [2.45, 2.75) is 52.0 Å². The van der Waals surface area contributed by atoms with E-state index in [0.29, 0.717) is 11.8 Å². The summed E-state index contributed by atoms with van der Waals surface area (Å²) in [5, 5.41) is 0. The molecule has 0 heterocycles. The zero-order valence-corrected chi connectivity index (χ0v) is 13.9. The second kappa shape index (κ2) is 5.97. The lowest BCUT2D eigenvalue weighted by atomic mass is 9.63. The van der Waals surface area contributed by atoms with Gasteiger partial charge in [0.25, 0.3) is 0 Å². The van der Waals surface area contributed by atoms with Crippen molar-refractivity contribution in [1.29, 1.82) is 0 Å².